The fraction of sp³-hybridized carbons (Fsp3) is 0.500. The van der Waals surface area contributed by atoms with Crippen molar-refractivity contribution in [2.75, 3.05) is 6.54 Å². The van der Waals surface area contributed by atoms with E-state index in [2.05, 4.69) is 4.74 Å². The van der Waals surface area contributed by atoms with Gasteiger partial charge in [0.05, 0.1) is 6.10 Å². The van der Waals surface area contributed by atoms with E-state index in [1.807, 2.05) is 4.72 Å². The first kappa shape index (κ1) is 18.5. The maximum atomic E-state index is 12.3. The Morgan fingerprint density at radius 1 is 1.36 bits per heavy atom. The summed E-state index contributed by atoms with van der Waals surface area (Å²) < 4.78 is 66.5. The Balaban J connectivity index is 3.08. The van der Waals surface area contributed by atoms with Crippen LogP contribution in [0.1, 0.15) is 19.8 Å². The third-order valence-corrected chi connectivity index (χ3v) is 4.08. The summed E-state index contributed by atoms with van der Waals surface area (Å²) in [5.74, 6) is -1.94. The number of nitrogens with one attached hydrogen (secondary N) is 1. The molecule has 0 aromatic heterocycles. The molecule has 126 valence electrons. The monoisotopic (exact) mass is 343 g/mol. The number of rotatable bonds is 7. The van der Waals surface area contributed by atoms with Crippen molar-refractivity contribution in [3.8, 4) is 11.5 Å². The second kappa shape index (κ2) is 7.16. The number of aliphatic hydroxyl groups excluding tert-OH is 1. The minimum Gasteiger partial charge on any atom is -0.506 e. The van der Waals surface area contributed by atoms with Gasteiger partial charge < -0.3 is 14.9 Å². The summed E-state index contributed by atoms with van der Waals surface area (Å²) in [4.78, 5) is -1.03. The van der Waals surface area contributed by atoms with E-state index in [1.165, 1.54) is 0 Å². The molecular formula is C12H16F3NO5S. The lowest BCUT2D eigenvalue weighted by atomic mass is 10.2. The number of ether oxygens (including phenoxy) is 1. The zero-order valence-electron chi connectivity index (χ0n) is 11.6. The molecule has 1 atom stereocenters. The quantitative estimate of drug-likeness (QED) is 0.701. The van der Waals surface area contributed by atoms with E-state index in [9.17, 15) is 31.8 Å². The number of hydrogen-bond acceptors (Lipinski definition) is 5. The second-order valence-electron chi connectivity index (χ2n) is 4.45. The number of halogens is 3. The summed E-state index contributed by atoms with van der Waals surface area (Å²) in [6.07, 6.45) is -5.19. The summed E-state index contributed by atoms with van der Waals surface area (Å²) in [6.45, 7) is 1.38. The molecule has 0 fully saturated rings. The highest BCUT2D eigenvalue weighted by Crippen LogP contribution is 2.35. The lowest BCUT2D eigenvalue weighted by Gasteiger charge is -2.16. The number of benzene rings is 1. The molecule has 0 heterocycles. The second-order valence-corrected chi connectivity index (χ2v) is 6.15. The predicted molar refractivity (Wildman–Crippen MR) is 70.9 cm³/mol. The summed E-state index contributed by atoms with van der Waals surface area (Å²) in [5, 5.41) is 19.0. The van der Waals surface area contributed by atoms with Crippen LogP contribution in [0.25, 0.3) is 0 Å². The fourth-order valence-electron chi connectivity index (χ4n) is 1.69. The predicted octanol–water partition coefficient (Wildman–Crippen LogP) is 1.73. The van der Waals surface area contributed by atoms with E-state index in [4.69, 9.17) is 0 Å². The van der Waals surface area contributed by atoms with Gasteiger partial charge in [-0.2, -0.15) is 0 Å². The molecule has 0 spiro atoms. The van der Waals surface area contributed by atoms with Gasteiger partial charge in [0, 0.05) is 6.54 Å². The topological polar surface area (TPSA) is 95.9 Å². The van der Waals surface area contributed by atoms with Crippen molar-refractivity contribution in [2.45, 2.75) is 37.1 Å². The van der Waals surface area contributed by atoms with Gasteiger partial charge in [-0.05, 0) is 18.6 Å². The summed E-state index contributed by atoms with van der Waals surface area (Å²) in [6, 6.07) is 2.70. The van der Waals surface area contributed by atoms with Crippen LogP contribution in [0.15, 0.2) is 23.1 Å². The lowest BCUT2D eigenvalue weighted by molar-refractivity contribution is -0.275. The van der Waals surface area contributed by atoms with Crippen molar-refractivity contribution in [3.63, 3.8) is 0 Å². The van der Waals surface area contributed by atoms with Crippen molar-refractivity contribution < 1.29 is 36.5 Å². The third kappa shape index (κ3) is 5.35. The van der Waals surface area contributed by atoms with Gasteiger partial charge in [0.15, 0.2) is 10.6 Å². The molecule has 0 aliphatic carbocycles. The van der Waals surface area contributed by atoms with E-state index in [1.54, 1.807) is 6.92 Å². The van der Waals surface area contributed by atoms with Crippen LogP contribution in [-0.4, -0.2) is 37.6 Å². The van der Waals surface area contributed by atoms with E-state index >= 15 is 0 Å². The molecule has 3 N–H and O–H groups in total. The highest BCUT2D eigenvalue weighted by atomic mass is 32.2. The van der Waals surface area contributed by atoms with Crippen LogP contribution in [0.2, 0.25) is 0 Å². The number of alkyl halides is 3. The Labute approximate surface area is 125 Å². The first-order valence-electron chi connectivity index (χ1n) is 6.32. The largest absolute Gasteiger partial charge is 0.573 e. The highest BCUT2D eigenvalue weighted by molar-refractivity contribution is 7.89. The van der Waals surface area contributed by atoms with Gasteiger partial charge >= 0.3 is 6.36 Å². The minimum atomic E-state index is -5.11. The minimum absolute atomic E-state index is 0.315. The van der Waals surface area contributed by atoms with Gasteiger partial charge in [-0.15, -0.1) is 13.2 Å². The maximum absolute atomic E-state index is 12.3. The number of aromatic hydroxyl groups is 1. The Kier molecular flexibility index (Phi) is 6.03. The molecule has 0 saturated carbocycles. The number of phenolic OH excluding ortho intramolecular Hbond substituents is 1. The van der Waals surface area contributed by atoms with E-state index in [0.29, 0.717) is 12.8 Å². The smallest absolute Gasteiger partial charge is 0.506 e. The molecule has 0 bridgehead atoms. The van der Waals surface area contributed by atoms with Crippen LogP contribution in [0.5, 0.6) is 11.5 Å². The molecule has 0 aliphatic heterocycles. The molecule has 6 nitrogen and oxygen atoms in total. The van der Waals surface area contributed by atoms with Crippen LogP contribution >= 0.6 is 0 Å². The molecule has 0 radical (unpaired) electrons. The van der Waals surface area contributed by atoms with Gasteiger partial charge in [-0.1, -0.05) is 19.4 Å². The third-order valence-electron chi connectivity index (χ3n) is 2.58. The fourth-order valence-corrected chi connectivity index (χ4v) is 2.97. The van der Waals surface area contributed by atoms with Gasteiger partial charge in [0.25, 0.3) is 0 Å². The van der Waals surface area contributed by atoms with Gasteiger partial charge in [-0.25, -0.2) is 13.1 Å². The standard InChI is InChI=1S/C12H16F3NO5S/c1-2-4-8(17)7-16-22(19,20)11-9(18)5-3-6-10(11)21-12(13,14)15/h3,5-6,8,16-18H,2,4,7H2,1H3. The molecule has 0 aliphatic rings. The maximum Gasteiger partial charge on any atom is 0.573 e. The zero-order chi connectivity index (χ0) is 17.0. The number of hydrogen-bond donors (Lipinski definition) is 3. The van der Waals surface area contributed by atoms with Gasteiger partial charge in [-0.3, -0.25) is 0 Å². The molecule has 1 aromatic rings. The molecule has 0 amide bonds. The first-order valence-corrected chi connectivity index (χ1v) is 7.80. The van der Waals surface area contributed by atoms with Crippen LogP contribution in [-0.2, 0) is 10.0 Å². The molecule has 1 unspecified atom stereocenters. The molecule has 1 rings (SSSR count). The molecule has 0 saturated heterocycles. The van der Waals surface area contributed by atoms with Crippen molar-refractivity contribution in [2.24, 2.45) is 0 Å². The van der Waals surface area contributed by atoms with E-state index in [-0.39, 0.29) is 0 Å². The average molecular weight is 343 g/mol. The normalized spacial score (nSPS) is 13.9. The highest BCUT2D eigenvalue weighted by Gasteiger charge is 2.35. The average Bonchev–Trinajstić information content (AvgIpc) is 2.34. The van der Waals surface area contributed by atoms with Crippen molar-refractivity contribution in [1.82, 2.24) is 4.72 Å². The van der Waals surface area contributed by atoms with Gasteiger partial charge in [0.1, 0.15) is 5.75 Å². The van der Waals surface area contributed by atoms with Crippen LogP contribution in [0.3, 0.4) is 0 Å². The number of sulfonamides is 1. The molecule has 10 heteroatoms. The Morgan fingerprint density at radius 3 is 2.55 bits per heavy atom. The van der Waals surface area contributed by atoms with Gasteiger partial charge in [0.2, 0.25) is 10.0 Å². The number of phenols is 1. The lowest BCUT2D eigenvalue weighted by Crippen LogP contribution is -2.32. The van der Waals surface area contributed by atoms with Crippen LogP contribution in [0.4, 0.5) is 13.2 Å². The molecule has 22 heavy (non-hydrogen) atoms. The Hall–Kier alpha value is -1.52. The van der Waals surface area contributed by atoms with Crippen LogP contribution < -0.4 is 9.46 Å². The SMILES string of the molecule is CCCC(O)CNS(=O)(=O)c1c(O)cccc1OC(F)(F)F. The zero-order valence-corrected chi connectivity index (χ0v) is 12.4. The molecular weight excluding hydrogens is 327 g/mol. The first-order chi connectivity index (χ1) is 10.1. The Bertz CT molecular complexity index is 603. The van der Waals surface area contributed by atoms with Crippen LogP contribution in [0, 0.1) is 0 Å². The van der Waals surface area contributed by atoms with E-state index < -0.39 is 45.4 Å². The number of aliphatic hydroxyl groups is 1. The van der Waals surface area contributed by atoms with E-state index in [0.717, 1.165) is 18.2 Å². The summed E-state index contributed by atoms with van der Waals surface area (Å²) in [5.41, 5.74) is 0. The van der Waals surface area contributed by atoms with Crippen molar-refractivity contribution in [3.05, 3.63) is 18.2 Å². The molecule has 1 aromatic carbocycles. The summed E-state index contributed by atoms with van der Waals surface area (Å²) in [7, 11) is -4.49. The summed E-state index contributed by atoms with van der Waals surface area (Å²) >= 11 is 0. The van der Waals surface area contributed by atoms with Crippen molar-refractivity contribution in [1.29, 1.82) is 0 Å². The Morgan fingerprint density at radius 2 is 2.00 bits per heavy atom. The van der Waals surface area contributed by atoms with Crippen molar-refractivity contribution >= 4 is 10.0 Å².